The number of benzene rings is 1. The summed E-state index contributed by atoms with van der Waals surface area (Å²) >= 11 is 0. The molecule has 1 aromatic carbocycles. The van der Waals surface area contributed by atoms with Gasteiger partial charge in [-0.2, -0.15) is 0 Å². The Bertz CT molecular complexity index is 584. The van der Waals surface area contributed by atoms with Gasteiger partial charge in [0.15, 0.2) is 0 Å². The van der Waals surface area contributed by atoms with Crippen LogP contribution in [0.2, 0.25) is 0 Å². The number of rotatable bonds is 5. The zero-order chi connectivity index (χ0) is 14.5. The summed E-state index contributed by atoms with van der Waals surface area (Å²) in [7, 11) is 3.88. The standard InChI is InChI=1S/C16H20FN3/c1-12-8-16(14(9-18-2)10-19-12)20(3)11-13-6-4-5-7-15(13)17/h4-8,10,18H,9,11H2,1-3H3. The van der Waals surface area contributed by atoms with Gasteiger partial charge in [0.25, 0.3) is 0 Å². The van der Waals surface area contributed by atoms with Gasteiger partial charge in [-0.3, -0.25) is 4.98 Å². The predicted molar refractivity (Wildman–Crippen MR) is 80.2 cm³/mol. The third kappa shape index (κ3) is 3.33. The lowest BCUT2D eigenvalue weighted by Gasteiger charge is -2.23. The van der Waals surface area contributed by atoms with Crippen LogP contribution in [0.15, 0.2) is 36.5 Å². The summed E-state index contributed by atoms with van der Waals surface area (Å²) < 4.78 is 13.7. The first kappa shape index (κ1) is 14.5. The third-order valence-corrected chi connectivity index (χ3v) is 3.24. The average molecular weight is 273 g/mol. The van der Waals surface area contributed by atoms with E-state index in [0.717, 1.165) is 23.5 Å². The lowest BCUT2D eigenvalue weighted by molar-refractivity contribution is 0.607. The number of hydrogen-bond acceptors (Lipinski definition) is 3. The van der Waals surface area contributed by atoms with Crippen molar-refractivity contribution in [3.63, 3.8) is 0 Å². The number of halogens is 1. The van der Waals surface area contributed by atoms with Crippen molar-refractivity contribution in [1.29, 1.82) is 0 Å². The van der Waals surface area contributed by atoms with Crippen LogP contribution in [0.3, 0.4) is 0 Å². The van der Waals surface area contributed by atoms with Gasteiger partial charge in [-0.15, -0.1) is 0 Å². The van der Waals surface area contributed by atoms with E-state index in [2.05, 4.69) is 15.2 Å². The third-order valence-electron chi connectivity index (χ3n) is 3.24. The summed E-state index contributed by atoms with van der Waals surface area (Å²) in [4.78, 5) is 6.38. The van der Waals surface area contributed by atoms with E-state index in [4.69, 9.17) is 0 Å². The maximum atomic E-state index is 13.7. The second-order valence-electron chi connectivity index (χ2n) is 4.93. The zero-order valence-corrected chi connectivity index (χ0v) is 12.2. The first-order valence-corrected chi connectivity index (χ1v) is 6.66. The first-order valence-electron chi connectivity index (χ1n) is 6.66. The Morgan fingerprint density at radius 2 is 2.00 bits per heavy atom. The van der Waals surface area contributed by atoms with E-state index >= 15 is 0 Å². The molecule has 0 amide bonds. The Hall–Kier alpha value is -1.94. The van der Waals surface area contributed by atoms with Crippen molar-refractivity contribution in [1.82, 2.24) is 10.3 Å². The monoisotopic (exact) mass is 273 g/mol. The van der Waals surface area contributed by atoms with Crippen molar-refractivity contribution >= 4 is 5.69 Å². The van der Waals surface area contributed by atoms with Crippen LogP contribution >= 0.6 is 0 Å². The van der Waals surface area contributed by atoms with Gasteiger partial charge in [-0.05, 0) is 26.1 Å². The molecule has 0 aliphatic rings. The molecule has 2 rings (SSSR count). The van der Waals surface area contributed by atoms with Crippen LogP contribution in [0.25, 0.3) is 0 Å². The SMILES string of the molecule is CNCc1cnc(C)cc1N(C)Cc1ccccc1F. The molecule has 0 spiro atoms. The topological polar surface area (TPSA) is 28.2 Å². The molecule has 1 aromatic heterocycles. The van der Waals surface area contributed by atoms with Crippen LogP contribution in [-0.2, 0) is 13.1 Å². The molecule has 0 fully saturated rings. The molecule has 0 saturated carbocycles. The number of anilines is 1. The van der Waals surface area contributed by atoms with Crippen molar-refractivity contribution in [3.8, 4) is 0 Å². The van der Waals surface area contributed by atoms with Crippen LogP contribution in [0.5, 0.6) is 0 Å². The number of nitrogens with one attached hydrogen (secondary N) is 1. The minimum absolute atomic E-state index is 0.166. The van der Waals surface area contributed by atoms with E-state index < -0.39 is 0 Å². The second-order valence-corrected chi connectivity index (χ2v) is 4.93. The summed E-state index contributed by atoms with van der Waals surface area (Å²) in [5.74, 6) is -0.166. The Labute approximate surface area is 119 Å². The maximum absolute atomic E-state index is 13.7. The van der Waals surface area contributed by atoms with Gasteiger partial charge >= 0.3 is 0 Å². The fourth-order valence-corrected chi connectivity index (χ4v) is 2.22. The molecule has 0 radical (unpaired) electrons. The summed E-state index contributed by atoms with van der Waals surface area (Å²) in [5.41, 5.74) is 3.84. The molecule has 106 valence electrons. The number of hydrogen-bond donors (Lipinski definition) is 1. The van der Waals surface area contributed by atoms with Crippen LogP contribution in [0.4, 0.5) is 10.1 Å². The highest BCUT2D eigenvalue weighted by atomic mass is 19.1. The van der Waals surface area contributed by atoms with Gasteiger partial charge < -0.3 is 10.2 Å². The lowest BCUT2D eigenvalue weighted by atomic mass is 10.1. The molecular formula is C16H20FN3. The molecule has 4 heteroatoms. The summed E-state index contributed by atoms with van der Waals surface area (Å²) in [5, 5.41) is 3.13. The molecular weight excluding hydrogens is 253 g/mol. The predicted octanol–water partition coefficient (Wildman–Crippen LogP) is 2.88. The largest absolute Gasteiger partial charge is 0.370 e. The first-order chi connectivity index (χ1) is 9.61. The van der Waals surface area contributed by atoms with Gasteiger partial charge in [0.2, 0.25) is 0 Å². The highest BCUT2D eigenvalue weighted by molar-refractivity contribution is 5.53. The van der Waals surface area contributed by atoms with E-state index in [-0.39, 0.29) is 5.82 Å². The lowest BCUT2D eigenvalue weighted by Crippen LogP contribution is -2.20. The van der Waals surface area contributed by atoms with Crippen molar-refractivity contribution in [3.05, 3.63) is 59.2 Å². The fourth-order valence-electron chi connectivity index (χ4n) is 2.22. The fraction of sp³-hybridized carbons (Fsp3) is 0.312. The van der Waals surface area contributed by atoms with Crippen molar-refractivity contribution < 1.29 is 4.39 Å². The zero-order valence-electron chi connectivity index (χ0n) is 12.2. The normalized spacial score (nSPS) is 10.6. The smallest absolute Gasteiger partial charge is 0.128 e. The molecule has 1 heterocycles. The number of nitrogens with zero attached hydrogens (tertiary/aromatic N) is 2. The van der Waals surface area contributed by atoms with Crippen molar-refractivity contribution in [2.45, 2.75) is 20.0 Å². The van der Waals surface area contributed by atoms with Crippen LogP contribution < -0.4 is 10.2 Å². The van der Waals surface area contributed by atoms with Crippen LogP contribution in [0.1, 0.15) is 16.8 Å². The van der Waals surface area contributed by atoms with Crippen molar-refractivity contribution in [2.24, 2.45) is 0 Å². The Kier molecular flexibility index (Phi) is 4.69. The van der Waals surface area contributed by atoms with Gasteiger partial charge in [0.05, 0.1) is 0 Å². The number of pyridine rings is 1. The molecule has 2 aromatic rings. The average Bonchev–Trinajstić information content (AvgIpc) is 2.43. The Balaban J connectivity index is 2.26. The highest BCUT2D eigenvalue weighted by Gasteiger charge is 2.10. The second kappa shape index (κ2) is 6.48. The highest BCUT2D eigenvalue weighted by Crippen LogP contribution is 2.22. The summed E-state index contributed by atoms with van der Waals surface area (Å²) in [6.07, 6.45) is 1.87. The van der Waals surface area contributed by atoms with Gasteiger partial charge in [-0.1, -0.05) is 18.2 Å². The minimum Gasteiger partial charge on any atom is -0.370 e. The molecule has 1 N–H and O–H groups in total. The molecule has 3 nitrogen and oxygen atoms in total. The van der Waals surface area contributed by atoms with Crippen LogP contribution in [-0.4, -0.2) is 19.1 Å². The van der Waals surface area contributed by atoms with Crippen LogP contribution in [0, 0.1) is 12.7 Å². The quantitative estimate of drug-likeness (QED) is 0.908. The Morgan fingerprint density at radius 1 is 1.25 bits per heavy atom. The van der Waals surface area contributed by atoms with Gasteiger partial charge in [-0.25, -0.2) is 4.39 Å². The van der Waals surface area contributed by atoms with E-state index in [1.165, 1.54) is 6.07 Å². The molecule has 0 unspecified atom stereocenters. The maximum Gasteiger partial charge on any atom is 0.128 e. The molecule has 20 heavy (non-hydrogen) atoms. The molecule has 0 aliphatic heterocycles. The molecule has 0 bridgehead atoms. The van der Waals surface area contributed by atoms with Gasteiger partial charge in [0.1, 0.15) is 5.82 Å². The molecule has 0 saturated heterocycles. The number of aryl methyl sites for hydroxylation is 1. The van der Waals surface area contributed by atoms with E-state index in [1.54, 1.807) is 6.07 Å². The van der Waals surface area contributed by atoms with Gasteiger partial charge in [0, 0.05) is 48.8 Å². The van der Waals surface area contributed by atoms with E-state index in [1.807, 2.05) is 45.4 Å². The minimum atomic E-state index is -0.166. The molecule has 0 atom stereocenters. The molecule has 0 aliphatic carbocycles. The summed E-state index contributed by atoms with van der Waals surface area (Å²) in [6, 6.07) is 8.92. The Morgan fingerprint density at radius 3 is 2.70 bits per heavy atom. The van der Waals surface area contributed by atoms with E-state index in [0.29, 0.717) is 12.1 Å². The summed E-state index contributed by atoms with van der Waals surface area (Å²) in [6.45, 7) is 3.24. The van der Waals surface area contributed by atoms with Crippen molar-refractivity contribution in [2.75, 3.05) is 19.0 Å². The number of aromatic nitrogens is 1. The van der Waals surface area contributed by atoms with E-state index in [9.17, 15) is 4.39 Å².